The Labute approximate surface area is 195 Å². The fourth-order valence-corrected chi connectivity index (χ4v) is 3.55. The monoisotopic (exact) mass is 445 g/mol. The molecule has 0 saturated carbocycles. The highest BCUT2D eigenvalue weighted by atomic mass is 16.1. The van der Waals surface area contributed by atoms with Crippen molar-refractivity contribution in [1.29, 1.82) is 0 Å². The van der Waals surface area contributed by atoms with Gasteiger partial charge in [-0.05, 0) is 73.7 Å². The smallest absolute Gasteiger partial charge is 0.255 e. The average molecular weight is 445 g/mol. The van der Waals surface area contributed by atoms with Crippen LogP contribution in [0, 0.1) is 0 Å². The van der Waals surface area contributed by atoms with Crippen molar-refractivity contribution in [2.75, 3.05) is 5.32 Å². The van der Waals surface area contributed by atoms with E-state index in [0.717, 1.165) is 0 Å². The van der Waals surface area contributed by atoms with E-state index in [1.807, 2.05) is 36.4 Å². The van der Waals surface area contributed by atoms with Gasteiger partial charge in [0.1, 0.15) is 11.4 Å². The minimum atomic E-state index is -0.285. The number of pyridine rings is 2. The number of amides is 1. The summed E-state index contributed by atoms with van der Waals surface area (Å²) in [5.41, 5.74) is 5.40. The zero-order chi connectivity index (χ0) is 23.5. The van der Waals surface area contributed by atoms with E-state index in [-0.39, 0.29) is 11.7 Å². The Morgan fingerprint density at radius 1 is 0.676 bits per heavy atom. The molecule has 0 aliphatic carbocycles. The lowest BCUT2D eigenvalue weighted by Gasteiger charge is -2.10. The van der Waals surface area contributed by atoms with Gasteiger partial charge < -0.3 is 5.32 Å². The number of aromatic nitrogens is 4. The Morgan fingerprint density at radius 2 is 1.26 bits per heavy atom. The van der Waals surface area contributed by atoms with E-state index in [1.54, 1.807) is 54.9 Å². The Bertz CT molecular complexity index is 1500. The van der Waals surface area contributed by atoms with Crippen LogP contribution in [0.4, 0.5) is 5.69 Å². The number of Topliss-reactive ketones (excluding diaryl/α,β-unsaturated/α-hetero) is 1. The highest BCUT2D eigenvalue weighted by molar-refractivity contribution is 6.06. The van der Waals surface area contributed by atoms with E-state index in [2.05, 4.69) is 15.3 Å². The van der Waals surface area contributed by atoms with Gasteiger partial charge >= 0.3 is 0 Å². The Balaban J connectivity index is 1.54. The van der Waals surface area contributed by atoms with Crippen molar-refractivity contribution < 1.29 is 9.59 Å². The van der Waals surface area contributed by atoms with E-state index in [4.69, 9.17) is 9.97 Å². The van der Waals surface area contributed by atoms with Crippen molar-refractivity contribution in [2.45, 2.75) is 6.92 Å². The van der Waals surface area contributed by atoms with Gasteiger partial charge in [0.25, 0.3) is 5.91 Å². The fourth-order valence-electron chi connectivity index (χ4n) is 3.55. The molecule has 5 aromatic rings. The molecule has 7 heteroatoms. The van der Waals surface area contributed by atoms with Gasteiger partial charge in [0, 0.05) is 29.2 Å². The maximum atomic E-state index is 12.9. The summed E-state index contributed by atoms with van der Waals surface area (Å²) in [6, 6.07) is 23.2. The van der Waals surface area contributed by atoms with Crippen LogP contribution in [0.15, 0.2) is 91.3 Å². The molecule has 2 aromatic carbocycles. The lowest BCUT2D eigenvalue weighted by molar-refractivity contribution is 0.101. The van der Waals surface area contributed by atoms with Crippen LogP contribution >= 0.6 is 0 Å². The molecule has 0 aliphatic heterocycles. The fraction of sp³-hybridized carbons (Fsp3) is 0.0370. The maximum Gasteiger partial charge on any atom is 0.255 e. The molecule has 0 unspecified atom stereocenters. The van der Waals surface area contributed by atoms with Gasteiger partial charge in [-0.3, -0.25) is 19.6 Å². The van der Waals surface area contributed by atoms with Crippen LogP contribution < -0.4 is 5.32 Å². The van der Waals surface area contributed by atoms with E-state index < -0.39 is 0 Å². The number of anilines is 1. The van der Waals surface area contributed by atoms with Gasteiger partial charge in [0.2, 0.25) is 0 Å². The molecule has 0 aliphatic rings. The number of rotatable bonds is 5. The first-order chi connectivity index (χ1) is 16.6. The predicted octanol–water partition coefficient (Wildman–Crippen LogP) is 5.21. The molecule has 0 atom stereocenters. The first-order valence-corrected chi connectivity index (χ1v) is 10.7. The number of carbonyl (C=O) groups excluding carboxylic acids is 2. The standard InChI is InChI=1S/C27H19N5O2/c1-17(33)18-8-11-20(12-9-18)30-27(34)19-10-13-21-24(16-19)32-26(23-7-3-5-15-29-23)25(31-21)22-6-2-4-14-28-22/h2-16H,1H3,(H,30,34). The average Bonchev–Trinajstić information content (AvgIpc) is 2.89. The molecule has 5 rings (SSSR count). The predicted molar refractivity (Wildman–Crippen MR) is 130 cm³/mol. The number of fused-ring (bicyclic) bond motifs is 1. The van der Waals surface area contributed by atoms with Crippen molar-refractivity contribution in [3.8, 4) is 22.8 Å². The first kappa shape index (κ1) is 21.1. The van der Waals surface area contributed by atoms with Crippen LogP contribution in [0.2, 0.25) is 0 Å². The highest BCUT2D eigenvalue weighted by Crippen LogP contribution is 2.29. The topological polar surface area (TPSA) is 97.7 Å². The van der Waals surface area contributed by atoms with Crippen molar-refractivity contribution in [3.05, 3.63) is 102 Å². The number of hydrogen-bond donors (Lipinski definition) is 1. The molecular weight excluding hydrogens is 426 g/mol. The number of carbonyl (C=O) groups is 2. The minimum Gasteiger partial charge on any atom is -0.322 e. The molecule has 3 aromatic heterocycles. The lowest BCUT2D eigenvalue weighted by Crippen LogP contribution is -2.12. The van der Waals surface area contributed by atoms with Gasteiger partial charge in [-0.15, -0.1) is 0 Å². The summed E-state index contributed by atoms with van der Waals surface area (Å²) in [7, 11) is 0. The Kier molecular flexibility index (Phi) is 5.58. The SMILES string of the molecule is CC(=O)c1ccc(NC(=O)c2ccc3nc(-c4ccccn4)c(-c4ccccn4)nc3c2)cc1. The quantitative estimate of drug-likeness (QED) is 0.373. The zero-order valence-corrected chi connectivity index (χ0v) is 18.3. The van der Waals surface area contributed by atoms with E-state index >= 15 is 0 Å². The molecule has 164 valence electrons. The Hall–Kier alpha value is -4.78. The van der Waals surface area contributed by atoms with Crippen LogP contribution in [-0.4, -0.2) is 31.6 Å². The van der Waals surface area contributed by atoms with Gasteiger partial charge in [0.15, 0.2) is 5.78 Å². The normalized spacial score (nSPS) is 10.7. The van der Waals surface area contributed by atoms with Crippen LogP contribution in [0.5, 0.6) is 0 Å². The molecule has 1 amide bonds. The Morgan fingerprint density at radius 3 is 1.82 bits per heavy atom. The molecule has 0 bridgehead atoms. The molecule has 3 heterocycles. The summed E-state index contributed by atoms with van der Waals surface area (Å²) in [6.07, 6.45) is 3.41. The summed E-state index contributed by atoms with van der Waals surface area (Å²) < 4.78 is 0. The number of nitrogens with one attached hydrogen (secondary N) is 1. The second-order valence-corrected chi connectivity index (χ2v) is 7.64. The van der Waals surface area contributed by atoms with Gasteiger partial charge in [-0.2, -0.15) is 0 Å². The van der Waals surface area contributed by atoms with Crippen LogP contribution in [-0.2, 0) is 0 Å². The summed E-state index contributed by atoms with van der Waals surface area (Å²) in [5.74, 6) is -0.313. The number of nitrogens with zero attached hydrogens (tertiary/aromatic N) is 4. The van der Waals surface area contributed by atoms with Crippen molar-refractivity contribution in [1.82, 2.24) is 19.9 Å². The molecule has 7 nitrogen and oxygen atoms in total. The lowest BCUT2D eigenvalue weighted by atomic mass is 10.1. The van der Waals surface area contributed by atoms with Crippen molar-refractivity contribution in [2.24, 2.45) is 0 Å². The largest absolute Gasteiger partial charge is 0.322 e. The third-order valence-electron chi connectivity index (χ3n) is 5.29. The summed E-state index contributed by atoms with van der Waals surface area (Å²) in [4.78, 5) is 42.8. The molecular formula is C27H19N5O2. The molecule has 0 radical (unpaired) electrons. The van der Waals surface area contributed by atoms with E-state index in [1.165, 1.54) is 6.92 Å². The maximum absolute atomic E-state index is 12.9. The minimum absolute atomic E-state index is 0.0280. The third kappa shape index (κ3) is 4.27. The van der Waals surface area contributed by atoms with Crippen molar-refractivity contribution in [3.63, 3.8) is 0 Å². The summed E-state index contributed by atoms with van der Waals surface area (Å²) in [5, 5.41) is 2.85. The van der Waals surface area contributed by atoms with Crippen LogP contribution in [0.25, 0.3) is 33.8 Å². The molecule has 0 spiro atoms. The molecule has 0 saturated heterocycles. The molecule has 34 heavy (non-hydrogen) atoms. The first-order valence-electron chi connectivity index (χ1n) is 10.7. The number of hydrogen-bond acceptors (Lipinski definition) is 6. The number of benzene rings is 2. The van der Waals surface area contributed by atoms with Crippen molar-refractivity contribution >= 4 is 28.4 Å². The number of ketones is 1. The van der Waals surface area contributed by atoms with Gasteiger partial charge in [0.05, 0.1) is 22.4 Å². The summed E-state index contributed by atoms with van der Waals surface area (Å²) >= 11 is 0. The van der Waals surface area contributed by atoms with Gasteiger partial charge in [-0.25, -0.2) is 9.97 Å². The third-order valence-corrected chi connectivity index (χ3v) is 5.29. The van der Waals surface area contributed by atoms with E-state index in [9.17, 15) is 9.59 Å². The van der Waals surface area contributed by atoms with Crippen LogP contribution in [0.3, 0.4) is 0 Å². The summed E-state index contributed by atoms with van der Waals surface area (Å²) in [6.45, 7) is 1.50. The van der Waals surface area contributed by atoms with Crippen LogP contribution in [0.1, 0.15) is 27.6 Å². The van der Waals surface area contributed by atoms with Gasteiger partial charge in [-0.1, -0.05) is 12.1 Å². The zero-order valence-electron chi connectivity index (χ0n) is 18.3. The molecule has 1 N–H and O–H groups in total. The van der Waals surface area contributed by atoms with E-state index in [0.29, 0.717) is 50.6 Å². The second-order valence-electron chi connectivity index (χ2n) is 7.64. The highest BCUT2D eigenvalue weighted by Gasteiger charge is 2.16. The molecule has 0 fully saturated rings. The second kappa shape index (κ2) is 8.99.